The van der Waals surface area contributed by atoms with E-state index in [1.165, 1.54) is 31.5 Å². The minimum atomic E-state index is 0.715. The van der Waals surface area contributed by atoms with Crippen molar-refractivity contribution in [3.63, 3.8) is 0 Å². The van der Waals surface area contributed by atoms with Crippen molar-refractivity contribution in [3.8, 4) is 0 Å². The van der Waals surface area contributed by atoms with E-state index in [-0.39, 0.29) is 0 Å². The number of guanidine groups is 1. The lowest BCUT2D eigenvalue weighted by Gasteiger charge is -2.31. The Morgan fingerprint density at radius 3 is 2.95 bits per heavy atom. The number of hydrogen-bond donors (Lipinski definition) is 1. The summed E-state index contributed by atoms with van der Waals surface area (Å²) in [5.74, 6) is 1.67. The van der Waals surface area contributed by atoms with Gasteiger partial charge in [-0.25, -0.2) is 0 Å². The first-order valence-corrected chi connectivity index (χ1v) is 7.66. The number of nitrogens with zero attached hydrogens (tertiary/aromatic N) is 5. The molecule has 1 saturated heterocycles. The zero-order valence-electron chi connectivity index (χ0n) is 13.7. The Morgan fingerprint density at radius 2 is 2.33 bits per heavy atom. The van der Waals surface area contributed by atoms with E-state index in [9.17, 15) is 0 Å². The maximum Gasteiger partial charge on any atom is 0.193 e. The Bertz CT molecular complexity index is 466. The standard InChI is InChI=1S/C15H28N6/c1-16-15(17-8-13-6-5-7-19(2)10-13)20(3)11-14-9-18-21(4)12-14/h9,12-13H,5-8,10-11H2,1-4H3,(H,16,17). The summed E-state index contributed by atoms with van der Waals surface area (Å²) in [6.45, 7) is 4.22. The SMILES string of the molecule is CN=C(NCC1CCCN(C)C1)N(C)Cc1cnn(C)c1. The summed E-state index contributed by atoms with van der Waals surface area (Å²) < 4.78 is 1.83. The fourth-order valence-corrected chi connectivity index (χ4v) is 2.96. The monoisotopic (exact) mass is 292 g/mol. The number of piperidine rings is 1. The van der Waals surface area contributed by atoms with E-state index in [4.69, 9.17) is 0 Å². The molecule has 6 heteroatoms. The Kier molecular flexibility index (Phi) is 5.61. The van der Waals surface area contributed by atoms with Gasteiger partial charge in [-0.15, -0.1) is 0 Å². The van der Waals surface area contributed by atoms with Gasteiger partial charge in [-0.05, 0) is 32.4 Å². The van der Waals surface area contributed by atoms with E-state index in [1.807, 2.05) is 31.2 Å². The van der Waals surface area contributed by atoms with Gasteiger partial charge in [0.2, 0.25) is 0 Å². The molecule has 21 heavy (non-hydrogen) atoms. The maximum absolute atomic E-state index is 4.39. The molecule has 6 nitrogen and oxygen atoms in total. The molecule has 0 amide bonds. The number of likely N-dealkylation sites (tertiary alicyclic amines) is 1. The summed E-state index contributed by atoms with van der Waals surface area (Å²) in [5, 5.41) is 7.72. The quantitative estimate of drug-likeness (QED) is 0.658. The summed E-state index contributed by atoms with van der Waals surface area (Å²) in [4.78, 5) is 8.94. The van der Waals surface area contributed by atoms with Gasteiger partial charge in [0, 0.05) is 52.5 Å². The summed E-state index contributed by atoms with van der Waals surface area (Å²) in [7, 11) is 8.05. The predicted octanol–water partition coefficient (Wildman–Crippen LogP) is 0.769. The normalized spacial score (nSPS) is 20.6. The largest absolute Gasteiger partial charge is 0.356 e. The van der Waals surface area contributed by atoms with Crippen molar-refractivity contribution in [1.82, 2.24) is 24.9 Å². The minimum absolute atomic E-state index is 0.715. The van der Waals surface area contributed by atoms with Gasteiger partial charge >= 0.3 is 0 Å². The van der Waals surface area contributed by atoms with Crippen LogP contribution in [0.25, 0.3) is 0 Å². The van der Waals surface area contributed by atoms with Crippen molar-refractivity contribution in [2.24, 2.45) is 18.0 Å². The molecule has 1 aliphatic rings. The summed E-state index contributed by atoms with van der Waals surface area (Å²) >= 11 is 0. The van der Waals surface area contributed by atoms with Crippen LogP contribution in [0.3, 0.4) is 0 Å². The third-order valence-corrected chi connectivity index (χ3v) is 4.02. The first kappa shape index (κ1) is 15.8. The van der Waals surface area contributed by atoms with Gasteiger partial charge in [0.15, 0.2) is 5.96 Å². The highest BCUT2D eigenvalue weighted by molar-refractivity contribution is 5.79. The molecular formula is C15H28N6. The van der Waals surface area contributed by atoms with Crippen molar-refractivity contribution >= 4 is 5.96 Å². The van der Waals surface area contributed by atoms with Gasteiger partial charge in [-0.2, -0.15) is 5.10 Å². The van der Waals surface area contributed by atoms with Crippen LogP contribution in [-0.4, -0.2) is 66.3 Å². The smallest absolute Gasteiger partial charge is 0.193 e. The number of nitrogens with one attached hydrogen (secondary N) is 1. The molecule has 0 aromatic carbocycles. The topological polar surface area (TPSA) is 48.7 Å². The highest BCUT2D eigenvalue weighted by Crippen LogP contribution is 2.14. The van der Waals surface area contributed by atoms with Crippen LogP contribution in [0.2, 0.25) is 0 Å². The third-order valence-electron chi connectivity index (χ3n) is 4.02. The highest BCUT2D eigenvalue weighted by Gasteiger charge is 2.18. The molecule has 0 spiro atoms. The van der Waals surface area contributed by atoms with Crippen molar-refractivity contribution < 1.29 is 0 Å². The molecule has 2 heterocycles. The van der Waals surface area contributed by atoms with Gasteiger partial charge in [-0.1, -0.05) is 0 Å². The molecule has 0 radical (unpaired) electrons. The van der Waals surface area contributed by atoms with Crippen LogP contribution in [-0.2, 0) is 13.6 Å². The van der Waals surface area contributed by atoms with E-state index in [0.717, 1.165) is 19.0 Å². The molecule has 1 fully saturated rings. The molecule has 0 aliphatic carbocycles. The van der Waals surface area contributed by atoms with Crippen LogP contribution >= 0.6 is 0 Å². The molecule has 1 N–H and O–H groups in total. The van der Waals surface area contributed by atoms with Crippen molar-refractivity contribution in [1.29, 1.82) is 0 Å². The maximum atomic E-state index is 4.39. The summed E-state index contributed by atoms with van der Waals surface area (Å²) in [6.07, 6.45) is 6.55. The van der Waals surface area contributed by atoms with Gasteiger partial charge in [-0.3, -0.25) is 9.67 Å². The fourth-order valence-electron chi connectivity index (χ4n) is 2.96. The second kappa shape index (κ2) is 7.45. The van der Waals surface area contributed by atoms with Crippen LogP contribution in [0.5, 0.6) is 0 Å². The van der Waals surface area contributed by atoms with E-state index in [1.54, 1.807) is 0 Å². The second-order valence-corrected chi connectivity index (χ2v) is 6.08. The lowest BCUT2D eigenvalue weighted by atomic mass is 9.98. The van der Waals surface area contributed by atoms with Crippen LogP contribution in [0.15, 0.2) is 17.4 Å². The summed E-state index contributed by atoms with van der Waals surface area (Å²) in [6, 6.07) is 0. The number of hydrogen-bond acceptors (Lipinski definition) is 3. The lowest BCUT2D eigenvalue weighted by Crippen LogP contribution is -2.44. The molecule has 0 saturated carbocycles. The summed E-state index contributed by atoms with van der Waals surface area (Å²) in [5.41, 5.74) is 1.19. The average Bonchev–Trinajstić information content (AvgIpc) is 2.85. The second-order valence-electron chi connectivity index (χ2n) is 6.08. The number of rotatable bonds is 4. The molecule has 118 valence electrons. The van der Waals surface area contributed by atoms with Crippen LogP contribution in [0.4, 0.5) is 0 Å². The lowest BCUT2D eigenvalue weighted by molar-refractivity contribution is 0.209. The van der Waals surface area contributed by atoms with Crippen LogP contribution in [0.1, 0.15) is 18.4 Å². The third kappa shape index (κ3) is 4.74. The first-order valence-electron chi connectivity index (χ1n) is 7.66. The Hall–Kier alpha value is -1.56. The molecule has 0 bridgehead atoms. The average molecular weight is 292 g/mol. The molecular weight excluding hydrogens is 264 g/mol. The Balaban J connectivity index is 1.81. The zero-order valence-corrected chi connectivity index (χ0v) is 13.7. The molecule has 1 aromatic heterocycles. The molecule has 1 aliphatic heterocycles. The predicted molar refractivity (Wildman–Crippen MR) is 86.3 cm³/mol. The molecule has 2 rings (SSSR count). The Labute approximate surface area is 127 Å². The van der Waals surface area contributed by atoms with Gasteiger partial charge in [0.05, 0.1) is 6.20 Å². The number of aryl methyl sites for hydroxylation is 1. The first-order chi connectivity index (χ1) is 10.1. The van der Waals surface area contributed by atoms with E-state index in [2.05, 4.69) is 39.3 Å². The Morgan fingerprint density at radius 1 is 1.52 bits per heavy atom. The van der Waals surface area contributed by atoms with E-state index >= 15 is 0 Å². The molecule has 1 aromatic rings. The van der Waals surface area contributed by atoms with E-state index in [0.29, 0.717) is 5.92 Å². The van der Waals surface area contributed by atoms with Gasteiger partial charge in [0.1, 0.15) is 0 Å². The highest BCUT2D eigenvalue weighted by atomic mass is 15.3. The number of aromatic nitrogens is 2. The van der Waals surface area contributed by atoms with Crippen LogP contribution < -0.4 is 5.32 Å². The minimum Gasteiger partial charge on any atom is -0.356 e. The van der Waals surface area contributed by atoms with Crippen molar-refractivity contribution in [3.05, 3.63) is 18.0 Å². The molecule has 1 unspecified atom stereocenters. The fraction of sp³-hybridized carbons (Fsp3) is 0.733. The van der Waals surface area contributed by atoms with Crippen LogP contribution in [0, 0.1) is 5.92 Å². The van der Waals surface area contributed by atoms with Crippen molar-refractivity contribution in [2.75, 3.05) is 40.8 Å². The van der Waals surface area contributed by atoms with Crippen molar-refractivity contribution in [2.45, 2.75) is 19.4 Å². The zero-order chi connectivity index (χ0) is 15.2. The number of aliphatic imine (C=N–C) groups is 1. The molecule has 1 atom stereocenters. The van der Waals surface area contributed by atoms with Gasteiger partial charge < -0.3 is 15.1 Å². The van der Waals surface area contributed by atoms with Gasteiger partial charge in [0.25, 0.3) is 0 Å². The van der Waals surface area contributed by atoms with E-state index < -0.39 is 0 Å².